The summed E-state index contributed by atoms with van der Waals surface area (Å²) in [4.78, 5) is 18.3. The molecule has 2 aromatic rings. The molecule has 0 atom stereocenters. The fourth-order valence-electron chi connectivity index (χ4n) is 3.33. The maximum Gasteiger partial charge on any atom is 0.222 e. The number of carbonyl (C=O) groups excluding carboxylic acids is 1. The van der Waals surface area contributed by atoms with Gasteiger partial charge in [-0.3, -0.25) is 4.79 Å². The number of amides is 1. The largest absolute Gasteiger partial charge is 0.343 e. The molecule has 1 aliphatic rings. The number of imidazole rings is 1. The van der Waals surface area contributed by atoms with Crippen molar-refractivity contribution in [1.29, 1.82) is 0 Å². The van der Waals surface area contributed by atoms with Gasteiger partial charge in [0.25, 0.3) is 0 Å². The van der Waals surface area contributed by atoms with Crippen LogP contribution in [0.1, 0.15) is 31.2 Å². The van der Waals surface area contributed by atoms with Crippen molar-refractivity contribution in [3.63, 3.8) is 0 Å². The van der Waals surface area contributed by atoms with Crippen molar-refractivity contribution in [1.82, 2.24) is 14.5 Å². The summed E-state index contributed by atoms with van der Waals surface area (Å²) in [6.45, 7) is 2.53. The van der Waals surface area contributed by atoms with Crippen molar-refractivity contribution in [2.24, 2.45) is 5.92 Å². The summed E-state index contributed by atoms with van der Waals surface area (Å²) in [5, 5.41) is 0. The van der Waals surface area contributed by atoms with Gasteiger partial charge in [0.05, 0.1) is 6.33 Å². The molecule has 5 heteroatoms. The van der Waals surface area contributed by atoms with Crippen LogP contribution in [0.15, 0.2) is 43.0 Å². The zero-order valence-electron chi connectivity index (χ0n) is 13.9. The highest BCUT2D eigenvalue weighted by Crippen LogP contribution is 2.22. The minimum atomic E-state index is -0.185. The van der Waals surface area contributed by atoms with Gasteiger partial charge in [-0.15, -0.1) is 0 Å². The zero-order valence-corrected chi connectivity index (χ0v) is 13.9. The molecule has 0 saturated carbocycles. The smallest absolute Gasteiger partial charge is 0.222 e. The Morgan fingerprint density at radius 2 is 1.96 bits per heavy atom. The highest BCUT2D eigenvalue weighted by Gasteiger charge is 2.22. The van der Waals surface area contributed by atoms with Crippen LogP contribution in [-0.2, 0) is 17.8 Å². The number of piperidine rings is 1. The first-order chi connectivity index (χ1) is 11.7. The summed E-state index contributed by atoms with van der Waals surface area (Å²) in [6.07, 6.45) is 9.95. The van der Waals surface area contributed by atoms with Gasteiger partial charge >= 0.3 is 0 Å². The van der Waals surface area contributed by atoms with Crippen LogP contribution in [0, 0.1) is 11.7 Å². The average molecular weight is 329 g/mol. The number of benzene rings is 1. The van der Waals surface area contributed by atoms with Crippen molar-refractivity contribution >= 4 is 5.91 Å². The summed E-state index contributed by atoms with van der Waals surface area (Å²) < 4.78 is 15.0. The maximum absolute atomic E-state index is 12.9. The van der Waals surface area contributed by atoms with E-state index in [1.165, 1.54) is 17.7 Å². The number of hydrogen-bond acceptors (Lipinski definition) is 2. The third-order valence-electron chi connectivity index (χ3n) is 4.77. The number of likely N-dealkylation sites (tertiary alicyclic amines) is 1. The number of carbonyl (C=O) groups is 1. The molecule has 3 rings (SSSR count). The van der Waals surface area contributed by atoms with Gasteiger partial charge in [0.15, 0.2) is 0 Å². The number of halogens is 1. The highest BCUT2D eigenvalue weighted by atomic mass is 19.1. The molecule has 4 nitrogen and oxygen atoms in total. The van der Waals surface area contributed by atoms with E-state index in [1.807, 2.05) is 27.8 Å². The van der Waals surface area contributed by atoms with E-state index in [2.05, 4.69) is 4.98 Å². The summed E-state index contributed by atoms with van der Waals surface area (Å²) in [7, 11) is 0. The number of hydrogen-bond donors (Lipinski definition) is 0. The van der Waals surface area contributed by atoms with E-state index in [9.17, 15) is 9.18 Å². The van der Waals surface area contributed by atoms with Gasteiger partial charge in [-0.2, -0.15) is 0 Å². The van der Waals surface area contributed by atoms with E-state index < -0.39 is 0 Å². The SMILES string of the molecule is O=C(CCCn1ccnc1)N1CCC(Cc2ccc(F)cc2)CC1. The lowest BCUT2D eigenvalue weighted by Gasteiger charge is -2.32. The van der Waals surface area contributed by atoms with Crippen molar-refractivity contribution in [2.75, 3.05) is 13.1 Å². The van der Waals surface area contributed by atoms with Gasteiger partial charge in [0, 0.05) is 38.4 Å². The minimum Gasteiger partial charge on any atom is -0.343 e. The van der Waals surface area contributed by atoms with Crippen LogP contribution >= 0.6 is 0 Å². The van der Waals surface area contributed by atoms with E-state index >= 15 is 0 Å². The summed E-state index contributed by atoms with van der Waals surface area (Å²) in [5.41, 5.74) is 1.18. The quantitative estimate of drug-likeness (QED) is 0.816. The van der Waals surface area contributed by atoms with Gasteiger partial charge in [0.1, 0.15) is 5.82 Å². The highest BCUT2D eigenvalue weighted by molar-refractivity contribution is 5.76. The minimum absolute atomic E-state index is 0.185. The predicted molar refractivity (Wildman–Crippen MR) is 90.9 cm³/mol. The summed E-state index contributed by atoms with van der Waals surface area (Å²) in [5.74, 6) is 0.663. The van der Waals surface area contributed by atoms with Gasteiger partial charge in [0.2, 0.25) is 5.91 Å². The molecule has 1 aromatic heterocycles. The van der Waals surface area contributed by atoms with Gasteiger partial charge in [-0.05, 0) is 49.3 Å². The Morgan fingerprint density at radius 3 is 2.62 bits per heavy atom. The normalized spacial score (nSPS) is 15.6. The fourth-order valence-corrected chi connectivity index (χ4v) is 3.33. The Labute approximate surface area is 142 Å². The predicted octanol–water partition coefficient (Wildman–Crippen LogP) is 3.28. The first kappa shape index (κ1) is 16.7. The van der Waals surface area contributed by atoms with E-state index in [0.29, 0.717) is 12.3 Å². The Bertz CT molecular complexity index is 631. The molecule has 2 heterocycles. The van der Waals surface area contributed by atoms with Crippen LogP contribution in [0.25, 0.3) is 0 Å². The number of aromatic nitrogens is 2. The zero-order chi connectivity index (χ0) is 16.8. The van der Waals surface area contributed by atoms with Crippen molar-refractivity contribution < 1.29 is 9.18 Å². The molecular formula is C19H24FN3O. The maximum atomic E-state index is 12.9. The Kier molecular flexibility index (Phi) is 5.62. The van der Waals surface area contributed by atoms with Crippen LogP contribution in [-0.4, -0.2) is 33.4 Å². The Morgan fingerprint density at radius 1 is 1.21 bits per heavy atom. The van der Waals surface area contributed by atoms with Crippen molar-refractivity contribution in [3.8, 4) is 0 Å². The molecule has 1 fully saturated rings. The Hall–Kier alpha value is -2.17. The molecule has 0 unspecified atom stereocenters. The second-order valence-electron chi connectivity index (χ2n) is 6.56. The topological polar surface area (TPSA) is 38.1 Å². The van der Waals surface area contributed by atoms with E-state index in [1.54, 1.807) is 12.5 Å². The number of nitrogens with zero attached hydrogens (tertiary/aromatic N) is 3. The molecule has 24 heavy (non-hydrogen) atoms. The lowest BCUT2D eigenvalue weighted by molar-refractivity contribution is -0.132. The van der Waals surface area contributed by atoms with Crippen LogP contribution in [0.4, 0.5) is 4.39 Å². The van der Waals surface area contributed by atoms with Crippen LogP contribution in [0.2, 0.25) is 0 Å². The molecule has 1 saturated heterocycles. The van der Waals surface area contributed by atoms with E-state index in [-0.39, 0.29) is 11.7 Å². The fraction of sp³-hybridized carbons (Fsp3) is 0.474. The standard InChI is InChI=1S/C19H24FN3O/c20-18-5-3-16(4-6-18)14-17-7-11-23(12-8-17)19(24)2-1-10-22-13-9-21-15-22/h3-6,9,13,15,17H,1-2,7-8,10-12,14H2. The second kappa shape index (κ2) is 8.08. The molecule has 0 aliphatic carbocycles. The van der Waals surface area contributed by atoms with E-state index in [4.69, 9.17) is 0 Å². The molecule has 128 valence electrons. The lowest BCUT2D eigenvalue weighted by atomic mass is 9.90. The lowest BCUT2D eigenvalue weighted by Crippen LogP contribution is -2.38. The number of aryl methyl sites for hydroxylation is 1. The van der Waals surface area contributed by atoms with Crippen LogP contribution in [0.5, 0.6) is 0 Å². The monoisotopic (exact) mass is 329 g/mol. The molecule has 0 N–H and O–H groups in total. The van der Waals surface area contributed by atoms with Crippen molar-refractivity contribution in [2.45, 2.75) is 38.6 Å². The molecule has 0 bridgehead atoms. The molecule has 0 spiro atoms. The summed E-state index contributed by atoms with van der Waals surface area (Å²) in [6, 6.07) is 6.77. The third-order valence-corrected chi connectivity index (χ3v) is 4.77. The second-order valence-corrected chi connectivity index (χ2v) is 6.56. The van der Waals surface area contributed by atoms with Crippen LogP contribution < -0.4 is 0 Å². The Balaban J connectivity index is 1.38. The molecular weight excluding hydrogens is 305 g/mol. The molecule has 0 radical (unpaired) electrons. The first-order valence-corrected chi connectivity index (χ1v) is 8.68. The van der Waals surface area contributed by atoms with Crippen LogP contribution in [0.3, 0.4) is 0 Å². The average Bonchev–Trinajstić information content (AvgIpc) is 3.11. The molecule has 1 aromatic carbocycles. The van der Waals surface area contributed by atoms with Gasteiger partial charge < -0.3 is 9.47 Å². The first-order valence-electron chi connectivity index (χ1n) is 8.68. The van der Waals surface area contributed by atoms with Crippen molar-refractivity contribution in [3.05, 3.63) is 54.4 Å². The summed E-state index contributed by atoms with van der Waals surface area (Å²) >= 11 is 0. The number of rotatable bonds is 6. The third kappa shape index (κ3) is 4.66. The molecule has 1 amide bonds. The van der Waals surface area contributed by atoms with Gasteiger partial charge in [-0.1, -0.05) is 12.1 Å². The molecule has 1 aliphatic heterocycles. The van der Waals surface area contributed by atoms with E-state index in [0.717, 1.165) is 45.3 Å². The van der Waals surface area contributed by atoms with Gasteiger partial charge in [-0.25, -0.2) is 9.37 Å².